The lowest BCUT2D eigenvalue weighted by Gasteiger charge is -2.03. The summed E-state index contributed by atoms with van der Waals surface area (Å²) in [5.41, 5.74) is 6.13. The molecule has 1 aromatic carbocycles. The highest BCUT2D eigenvalue weighted by molar-refractivity contribution is 5.89. The monoisotopic (exact) mass is 197 g/mol. The number of benzene rings is 1. The number of halogens is 1. The second-order valence-electron chi connectivity index (χ2n) is 2.84. The van der Waals surface area contributed by atoms with Crippen LogP contribution in [0, 0.1) is 5.82 Å². The van der Waals surface area contributed by atoms with Gasteiger partial charge in [0.2, 0.25) is 0 Å². The van der Waals surface area contributed by atoms with Gasteiger partial charge in [0.15, 0.2) is 0 Å². The van der Waals surface area contributed by atoms with Gasteiger partial charge in [0.1, 0.15) is 5.82 Å². The molecule has 0 bridgehead atoms. The van der Waals surface area contributed by atoms with Crippen LogP contribution in [-0.4, -0.2) is 19.6 Å². The normalized spacial score (nSPS) is 9.93. The molecule has 0 radical (unpaired) electrons. The van der Waals surface area contributed by atoms with Gasteiger partial charge in [-0.25, -0.2) is 9.18 Å². The molecule has 0 aromatic heterocycles. The van der Waals surface area contributed by atoms with Crippen LogP contribution < -0.4 is 5.73 Å². The lowest BCUT2D eigenvalue weighted by Crippen LogP contribution is -2.07. The van der Waals surface area contributed by atoms with E-state index >= 15 is 0 Å². The Balaban J connectivity index is 3.01. The number of rotatable bonds is 3. The number of ether oxygens (including phenoxy) is 1. The summed E-state index contributed by atoms with van der Waals surface area (Å²) in [4.78, 5) is 11.1. The van der Waals surface area contributed by atoms with E-state index in [9.17, 15) is 9.18 Å². The second-order valence-corrected chi connectivity index (χ2v) is 2.84. The highest BCUT2D eigenvalue weighted by Crippen LogP contribution is 2.11. The predicted octanol–water partition coefficient (Wildman–Crippen LogP) is 1.11. The van der Waals surface area contributed by atoms with E-state index in [0.29, 0.717) is 13.0 Å². The fraction of sp³-hybridized carbons (Fsp3) is 0.300. The number of carbonyl (C=O) groups is 1. The molecule has 0 saturated heterocycles. The molecule has 0 aliphatic carbocycles. The summed E-state index contributed by atoms with van der Waals surface area (Å²) in [6.07, 6.45) is 0.615. The van der Waals surface area contributed by atoms with Crippen molar-refractivity contribution < 1.29 is 13.9 Å². The molecule has 0 unspecified atom stereocenters. The molecule has 0 amide bonds. The average molecular weight is 197 g/mol. The minimum atomic E-state index is -0.665. The Kier molecular flexibility index (Phi) is 3.59. The van der Waals surface area contributed by atoms with E-state index in [1.807, 2.05) is 0 Å². The topological polar surface area (TPSA) is 52.3 Å². The van der Waals surface area contributed by atoms with E-state index in [0.717, 1.165) is 5.56 Å². The molecule has 14 heavy (non-hydrogen) atoms. The average Bonchev–Trinajstić information content (AvgIpc) is 2.20. The van der Waals surface area contributed by atoms with E-state index in [4.69, 9.17) is 5.73 Å². The number of hydrogen-bond acceptors (Lipinski definition) is 3. The van der Waals surface area contributed by atoms with Gasteiger partial charge in [0.05, 0.1) is 12.7 Å². The zero-order chi connectivity index (χ0) is 10.6. The lowest BCUT2D eigenvalue weighted by molar-refractivity contribution is 0.0595. The van der Waals surface area contributed by atoms with E-state index in [-0.39, 0.29) is 5.56 Å². The first kappa shape index (κ1) is 10.7. The molecule has 0 saturated carbocycles. The van der Waals surface area contributed by atoms with Crippen molar-refractivity contribution in [2.75, 3.05) is 13.7 Å². The van der Waals surface area contributed by atoms with Crippen LogP contribution in [0.15, 0.2) is 18.2 Å². The minimum absolute atomic E-state index is 0.0431. The van der Waals surface area contributed by atoms with Gasteiger partial charge in [0.25, 0.3) is 0 Å². The summed E-state index contributed by atoms with van der Waals surface area (Å²) in [5, 5.41) is 0. The van der Waals surface area contributed by atoms with E-state index < -0.39 is 11.8 Å². The van der Waals surface area contributed by atoms with Crippen LogP contribution in [0.4, 0.5) is 4.39 Å². The third-order valence-corrected chi connectivity index (χ3v) is 1.87. The highest BCUT2D eigenvalue weighted by Gasteiger charge is 2.11. The van der Waals surface area contributed by atoms with Crippen LogP contribution in [0.2, 0.25) is 0 Å². The van der Waals surface area contributed by atoms with Crippen LogP contribution in [0.1, 0.15) is 15.9 Å². The lowest BCUT2D eigenvalue weighted by atomic mass is 10.1. The van der Waals surface area contributed by atoms with Crippen molar-refractivity contribution in [1.82, 2.24) is 0 Å². The number of esters is 1. The van der Waals surface area contributed by atoms with E-state index in [1.165, 1.54) is 19.2 Å². The number of nitrogens with two attached hydrogens (primary N) is 1. The Morgan fingerprint density at radius 3 is 2.86 bits per heavy atom. The Morgan fingerprint density at radius 2 is 2.29 bits per heavy atom. The van der Waals surface area contributed by atoms with Crippen molar-refractivity contribution in [2.24, 2.45) is 5.73 Å². The molecule has 1 rings (SSSR count). The Labute approximate surface area is 81.7 Å². The van der Waals surface area contributed by atoms with Gasteiger partial charge in [-0.15, -0.1) is 0 Å². The largest absolute Gasteiger partial charge is 0.465 e. The maximum absolute atomic E-state index is 13.1. The number of hydrogen-bond donors (Lipinski definition) is 1. The van der Waals surface area contributed by atoms with Crippen molar-refractivity contribution in [1.29, 1.82) is 0 Å². The third kappa shape index (κ3) is 2.29. The maximum atomic E-state index is 13.1. The van der Waals surface area contributed by atoms with Crippen molar-refractivity contribution in [2.45, 2.75) is 6.42 Å². The van der Waals surface area contributed by atoms with Gasteiger partial charge in [-0.2, -0.15) is 0 Å². The van der Waals surface area contributed by atoms with Gasteiger partial charge in [0, 0.05) is 0 Å². The fourth-order valence-electron chi connectivity index (χ4n) is 1.16. The summed E-state index contributed by atoms with van der Waals surface area (Å²) >= 11 is 0. The SMILES string of the molecule is COC(=O)c1cc(CCN)ccc1F. The zero-order valence-electron chi connectivity index (χ0n) is 7.92. The van der Waals surface area contributed by atoms with Gasteiger partial charge >= 0.3 is 5.97 Å². The Bertz CT molecular complexity index is 339. The highest BCUT2D eigenvalue weighted by atomic mass is 19.1. The first-order valence-electron chi connectivity index (χ1n) is 4.26. The van der Waals surface area contributed by atoms with Crippen LogP contribution >= 0.6 is 0 Å². The molecule has 2 N–H and O–H groups in total. The smallest absolute Gasteiger partial charge is 0.340 e. The standard InChI is InChI=1S/C10H12FNO2/c1-14-10(13)8-6-7(4-5-12)2-3-9(8)11/h2-3,6H,4-5,12H2,1H3. The molecule has 0 heterocycles. The van der Waals surface area contributed by atoms with Crippen molar-refractivity contribution in [3.8, 4) is 0 Å². The van der Waals surface area contributed by atoms with Crippen LogP contribution in [-0.2, 0) is 11.2 Å². The molecule has 76 valence electrons. The van der Waals surface area contributed by atoms with Crippen LogP contribution in [0.25, 0.3) is 0 Å². The summed E-state index contributed by atoms with van der Waals surface area (Å²) in [7, 11) is 1.22. The molecule has 0 atom stereocenters. The molecule has 0 aliphatic rings. The van der Waals surface area contributed by atoms with Gasteiger partial charge in [-0.05, 0) is 30.7 Å². The number of methoxy groups -OCH3 is 1. The quantitative estimate of drug-likeness (QED) is 0.738. The summed E-state index contributed by atoms with van der Waals surface area (Å²) in [5.74, 6) is -1.24. The summed E-state index contributed by atoms with van der Waals surface area (Å²) in [6.45, 7) is 0.465. The minimum Gasteiger partial charge on any atom is -0.465 e. The van der Waals surface area contributed by atoms with Crippen molar-refractivity contribution >= 4 is 5.97 Å². The zero-order valence-corrected chi connectivity index (χ0v) is 7.92. The molecular formula is C10H12FNO2. The fourth-order valence-corrected chi connectivity index (χ4v) is 1.16. The summed E-state index contributed by atoms with van der Waals surface area (Å²) < 4.78 is 17.6. The molecule has 0 fully saturated rings. The molecular weight excluding hydrogens is 185 g/mol. The van der Waals surface area contributed by atoms with Crippen LogP contribution in [0.3, 0.4) is 0 Å². The van der Waals surface area contributed by atoms with Crippen LogP contribution in [0.5, 0.6) is 0 Å². The molecule has 0 spiro atoms. The first-order valence-corrected chi connectivity index (χ1v) is 4.26. The van der Waals surface area contributed by atoms with Crippen molar-refractivity contribution in [3.05, 3.63) is 35.1 Å². The second kappa shape index (κ2) is 4.72. The van der Waals surface area contributed by atoms with Gasteiger partial charge in [-0.3, -0.25) is 0 Å². The first-order chi connectivity index (χ1) is 6.69. The molecule has 4 heteroatoms. The molecule has 0 aliphatic heterocycles. The number of carbonyl (C=O) groups excluding carboxylic acids is 1. The maximum Gasteiger partial charge on any atom is 0.340 e. The summed E-state index contributed by atoms with van der Waals surface area (Å²) in [6, 6.07) is 4.32. The molecule has 1 aromatic rings. The Morgan fingerprint density at radius 1 is 1.57 bits per heavy atom. The third-order valence-electron chi connectivity index (χ3n) is 1.87. The van der Waals surface area contributed by atoms with Gasteiger partial charge < -0.3 is 10.5 Å². The molecule has 3 nitrogen and oxygen atoms in total. The van der Waals surface area contributed by atoms with E-state index in [2.05, 4.69) is 4.74 Å². The van der Waals surface area contributed by atoms with Gasteiger partial charge in [-0.1, -0.05) is 6.07 Å². The Hall–Kier alpha value is -1.42. The predicted molar refractivity (Wildman–Crippen MR) is 50.5 cm³/mol. The van der Waals surface area contributed by atoms with E-state index in [1.54, 1.807) is 6.07 Å². The van der Waals surface area contributed by atoms with Crippen molar-refractivity contribution in [3.63, 3.8) is 0 Å².